The number of fused-ring (bicyclic) bond motifs is 1. The Bertz CT molecular complexity index is 1350. The zero-order chi connectivity index (χ0) is 22.7. The van der Waals surface area contributed by atoms with Gasteiger partial charge >= 0.3 is 0 Å². The van der Waals surface area contributed by atoms with Gasteiger partial charge in [0, 0.05) is 21.5 Å². The number of hydrogen-bond acceptors (Lipinski definition) is 5. The van der Waals surface area contributed by atoms with Crippen LogP contribution in [0.15, 0.2) is 77.9 Å². The summed E-state index contributed by atoms with van der Waals surface area (Å²) in [6.45, 7) is 1.84. The fourth-order valence-corrected chi connectivity index (χ4v) is 3.67. The molecule has 32 heavy (non-hydrogen) atoms. The van der Waals surface area contributed by atoms with Gasteiger partial charge in [-0.3, -0.25) is 4.79 Å². The molecule has 1 aromatic heterocycles. The van der Waals surface area contributed by atoms with E-state index >= 15 is 0 Å². The van der Waals surface area contributed by atoms with Gasteiger partial charge in [0.1, 0.15) is 11.5 Å². The van der Waals surface area contributed by atoms with E-state index in [1.807, 2.05) is 49.4 Å². The van der Waals surface area contributed by atoms with E-state index in [9.17, 15) is 15.0 Å². The molecule has 160 valence electrons. The first-order chi connectivity index (χ1) is 15.5. The number of pyridine rings is 1. The molecule has 7 heteroatoms. The highest BCUT2D eigenvalue weighted by Gasteiger charge is 2.16. The molecular weight excluding hydrogens is 426 g/mol. The zero-order valence-corrected chi connectivity index (χ0v) is 18.0. The van der Waals surface area contributed by atoms with E-state index in [0.717, 1.165) is 5.56 Å². The van der Waals surface area contributed by atoms with Crippen LogP contribution in [0.1, 0.15) is 29.3 Å². The number of rotatable bonds is 5. The minimum atomic E-state index is -0.428. The summed E-state index contributed by atoms with van der Waals surface area (Å²) in [5, 5.41) is 25.3. The van der Waals surface area contributed by atoms with Crippen LogP contribution >= 0.6 is 11.6 Å². The number of benzene rings is 3. The van der Waals surface area contributed by atoms with Crippen molar-refractivity contribution in [2.24, 2.45) is 5.10 Å². The number of nitrogens with zero attached hydrogens (tertiary/aromatic N) is 2. The molecular formula is C25H20ClN3O3. The standard InChI is InChI=1S/C25H20ClN3O3/c1-2-21(19-13-15(30)11-12-24(19)31)28-29-25(32)18-14-23(17-8-3-5-9-20(17)26)27-22-10-6-4-7-16(18)22/h3-14,30-31H,2H2,1H3,(H,29,32)/b28-21-. The first kappa shape index (κ1) is 21.3. The Morgan fingerprint density at radius 1 is 1.00 bits per heavy atom. The van der Waals surface area contributed by atoms with Crippen molar-refractivity contribution < 1.29 is 15.0 Å². The van der Waals surface area contributed by atoms with Crippen LogP contribution in [0.5, 0.6) is 11.5 Å². The first-order valence-corrected chi connectivity index (χ1v) is 10.4. The van der Waals surface area contributed by atoms with Crippen LogP contribution in [-0.4, -0.2) is 26.8 Å². The monoisotopic (exact) mass is 445 g/mol. The number of hydrazone groups is 1. The Morgan fingerprint density at radius 2 is 1.75 bits per heavy atom. The van der Waals surface area contributed by atoms with Gasteiger partial charge in [-0.05, 0) is 42.8 Å². The van der Waals surface area contributed by atoms with Crippen LogP contribution in [0, 0.1) is 0 Å². The first-order valence-electron chi connectivity index (χ1n) is 10.0. The minimum Gasteiger partial charge on any atom is -0.508 e. The molecule has 0 atom stereocenters. The molecule has 4 aromatic rings. The number of carbonyl (C=O) groups excluding carboxylic acids is 1. The Labute approximate surface area is 189 Å². The van der Waals surface area contributed by atoms with Crippen LogP contribution in [0.3, 0.4) is 0 Å². The van der Waals surface area contributed by atoms with Crippen molar-refractivity contribution in [2.75, 3.05) is 0 Å². The van der Waals surface area contributed by atoms with Gasteiger partial charge in [-0.25, -0.2) is 10.4 Å². The summed E-state index contributed by atoms with van der Waals surface area (Å²) in [6.07, 6.45) is 0.430. The van der Waals surface area contributed by atoms with E-state index in [4.69, 9.17) is 11.6 Å². The lowest BCUT2D eigenvalue weighted by molar-refractivity contribution is 0.0956. The highest BCUT2D eigenvalue weighted by Crippen LogP contribution is 2.30. The molecule has 0 aliphatic carbocycles. The van der Waals surface area contributed by atoms with Crippen molar-refractivity contribution >= 4 is 34.1 Å². The largest absolute Gasteiger partial charge is 0.508 e. The quantitative estimate of drug-likeness (QED) is 0.214. The summed E-state index contributed by atoms with van der Waals surface area (Å²) in [6, 6.07) is 20.5. The highest BCUT2D eigenvalue weighted by molar-refractivity contribution is 6.33. The van der Waals surface area contributed by atoms with Crippen LogP contribution in [0.25, 0.3) is 22.2 Å². The van der Waals surface area contributed by atoms with Gasteiger partial charge in [0.15, 0.2) is 0 Å². The third kappa shape index (κ3) is 4.26. The smallest absolute Gasteiger partial charge is 0.272 e. The Kier molecular flexibility index (Phi) is 6.05. The van der Waals surface area contributed by atoms with E-state index in [1.54, 1.807) is 12.1 Å². The van der Waals surface area contributed by atoms with Gasteiger partial charge in [-0.2, -0.15) is 5.10 Å². The molecule has 0 aliphatic heterocycles. The topological polar surface area (TPSA) is 94.8 Å². The van der Waals surface area contributed by atoms with Crippen molar-refractivity contribution in [3.8, 4) is 22.8 Å². The lowest BCUT2D eigenvalue weighted by Crippen LogP contribution is -2.20. The van der Waals surface area contributed by atoms with Crippen LogP contribution in [0.4, 0.5) is 0 Å². The second-order valence-electron chi connectivity index (χ2n) is 7.11. The van der Waals surface area contributed by atoms with Crippen LogP contribution in [0.2, 0.25) is 5.02 Å². The highest BCUT2D eigenvalue weighted by atomic mass is 35.5. The van der Waals surface area contributed by atoms with E-state index in [0.29, 0.717) is 44.9 Å². The summed E-state index contributed by atoms with van der Waals surface area (Å²) in [7, 11) is 0. The van der Waals surface area contributed by atoms with Crippen LogP contribution in [-0.2, 0) is 0 Å². The van der Waals surface area contributed by atoms with Gasteiger partial charge < -0.3 is 10.2 Å². The number of carbonyl (C=O) groups is 1. The van der Waals surface area contributed by atoms with Crippen molar-refractivity contribution in [2.45, 2.75) is 13.3 Å². The summed E-state index contributed by atoms with van der Waals surface area (Å²) < 4.78 is 0. The Hall–Kier alpha value is -3.90. The summed E-state index contributed by atoms with van der Waals surface area (Å²) >= 11 is 6.35. The van der Waals surface area contributed by atoms with E-state index in [-0.39, 0.29) is 11.5 Å². The molecule has 0 radical (unpaired) electrons. The number of phenolic OH excluding ortho intramolecular Hbond substituents is 2. The number of halogens is 1. The molecule has 3 N–H and O–H groups in total. The zero-order valence-electron chi connectivity index (χ0n) is 17.2. The van der Waals surface area contributed by atoms with Crippen molar-refractivity contribution in [1.82, 2.24) is 10.4 Å². The average molecular weight is 446 g/mol. The molecule has 0 saturated heterocycles. The van der Waals surface area contributed by atoms with Gasteiger partial charge in [-0.15, -0.1) is 0 Å². The third-order valence-electron chi connectivity index (χ3n) is 5.03. The SMILES string of the molecule is CC/C(=N/NC(=O)c1cc(-c2ccccc2Cl)nc2ccccc12)c1cc(O)ccc1O. The molecule has 1 heterocycles. The summed E-state index contributed by atoms with van der Waals surface area (Å²) in [5.74, 6) is -0.467. The molecule has 3 aromatic carbocycles. The lowest BCUT2D eigenvalue weighted by atomic mass is 10.0. The second kappa shape index (κ2) is 9.08. The normalized spacial score (nSPS) is 11.5. The molecule has 0 aliphatic rings. The molecule has 0 unspecified atom stereocenters. The molecule has 0 spiro atoms. The number of amides is 1. The number of hydrogen-bond donors (Lipinski definition) is 3. The van der Waals surface area contributed by atoms with Gasteiger partial charge in [-0.1, -0.05) is 54.9 Å². The number of aromatic hydroxyl groups is 2. The van der Waals surface area contributed by atoms with Gasteiger partial charge in [0.05, 0.1) is 22.5 Å². The maximum absolute atomic E-state index is 13.1. The van der Waals surface area contributed by atoms with Crippen molar-refractivity contribution in [1.29, 1.82) is 0 Å². The van der Waals surface area contributed by atoms with E-state index in [2.05, 4.69) is 15.5 Å². The maximum atomic E-state index is 13.1. The van der Waals surface area contributed by atoms with Crippen LogP contribution < -0.4 is 5.43 Å². The summed E-state index contributed by atoms with van der Waals surface area (Å²) in [5.41, 5.74) is 5.69. The van der Waals surface area contributed by atoms with Crippen molar-refractivity contribution in [3.05, 3.63) is 88.9 Å². The Balaban J connectivity index is 1.75. The lowest BCUT2D eigenvalue weighted by Gasteiger charge is -2.11. The number of nitrogens with one attached hydrogen (secondary N) is 1. The van der Waals surface area contributed by atoms with E-state index < -0.39 is 5.91 Å². The number of aromatic nitrogens is 1. The minimum absolute atomic E-state index is 0.00483. The maximum Gasteiger partial charge on any atom is 0.272 e. The Morgan fingerprint density at radius 3 is 2.53 bits per heavy atom. The summed E-state index contributed by atoms with van der Waals surface area (Å²) in [4.78, 5) is 17.8. The van der Waals surface area contributed by atoms with E-state index in [1.165, 1.54) is 18.2 Å². The predicted molar refractivity (Wildman–Crippen MR) is 126 cm³/mol. The average Bonchev–Trinajstić information content (AvgIpc) is 2.81. The van der Waals surface area contributed by atoms with Crippen molar-refractivity contribution in [3.63, 3.8) is 0 Å². The predicted octanol–water partition coefficient (Wildman–Crippen LogP) is 5.51. The molecule has 6 nitrogen and oxygen atoms in total. The fourth-order valence-electron chi connectivity index (χ4n) is 3.43. The second-order valence-corrected chi connectivity index (χ2v) is 7.51. The fraction of sp³-hybridized carbons (Fsp3) is 0.0800. The third-order valence-corrected chi connectivity index (χ3v) is 5.36. The molecule has 4 rings (SSSR count). The molecule has 0 fully saturated rings. The van der Waals surface area contributed by atoms with Gasteiger partial charge in [0.2, 0.25) is 0 Å². The number of phenols is 2. The van der Waals surface area contributed by atoms with Gasteiger partial charge in [0.25, 0.3) is 5.91 Å². The number of para-hydroxylation sites is 1. The molecule has 0 saturated carbocycles. The molecule has 1 amide bonds. The molecule has 0 bridgehead atoms.